The van der Waals surface area contributed by atoms with Crippen molar-refractivity contribution in [3.05, 3.63) is 28.8 Å². The smallest absolute Gasteiger partial charge is 0.125 e. The summed E-state index contributed by atoms with van der Waals surface area (Å²) in [6, 6.07) is 6.10. The molecule has 18 heavy (non-hydrogen) atoms. The Labute approximate surface area is 114 Å². The minimum absolute atomic E-state index is 0.209. The Morgan fingerprint density at radius 1 is 1.33 bits per heavy atom. The molecule has 0 unspecified atom stereocenters. The first-order valence-corrected chi connectivity index (χ1v) is 6.77. The summed E-state index contributed by atoms with van der Waals surface area (Å²) in [5.74, 6) is 0.827. The molecule has 4 heteroatoms. The van der Waals surface area contributed by atoms with E-state index in [1.807, 2.05) is 18.2 Å². The third-order valence-corrected chi connectivity index (χ3v) is 2.93. The highest BCUT2D eigenvalue weighted by molar-refractivity contribution is 6.31. The molecule has 0 aromatic heterocycles. The number of rotatable bonds is 8. The molecule has 0 fully saturated rings. The van der Waals surface area contributed by atoms with Crippen molar-refractivity contribution in [3.8, 4) is 5.75 Å². The van der Waals surface area contributed by atoms with Crippen molar-refractivity contribution in [1.82, 2.24) is 5.32 Å². The van der Waals surface area contributed by atoms with Gasteiger partial charge >= 0.3 is 0 Å². The molecule has 0 heterocycles. The van der Waals surface area contributed by atoms with Crippen LogP contribution >= 0.6 is 11.6 Å². The Morgan fingerprint density at radius 3 is 2.78 bits per heavy atom. The fraction of sp³-hybridized carbons (Fsp3) is 0.571. The fourth-order valence-corrected chi connectivity index (χ4v) is 1.78. The molecule has 0 aliphatic rings. The number of aliphatic hydroxyl groups is 1. The standard InChI is InChI=1S/C14H22ClNO2/c1-11(2)16-10-12-13(15)6-5-7-14(12)18-9-4-3-8-17/h5-7,11,16-17H,3-4,8-10H2,1-2H3. The van der Waals surface area contributed by atoms with Gasteiger partial charge < -0.3 is 15.2 Å². The quantitative estimate of drug-likeness (QED) is 0.714. The zero-order valence-corrected chi connectivity index (χ0v) is 11.8. The van der Waals surface area contributed by atoms with E-state index in [1.165, 1.54) is 0 Å². The van der Waals surface area contributed by atoms with Crippen LogP contribution in [0.3, 0.4) is 0 Å². The van der Waals surface area contributed by atoms with E-state index in [0.717, 1.165) is 29.2 Å². The second-order valence-corrected chi connectivity index (χ2v) is 4.94. The average molecular weight is 272 g/mol. The molecule has 1 rings (SSSR count). The number of unbranched alkanes of at least 4 members (excludes halogenated alkanes) is 1. The maximum absolute atomic E-state index is 8.72. The Bertz CT molecular complexity index is 356. The molecule has 1 aromatic carbocycles. The van der Waals surface area contributed by atoms with Gasteiger partial charge in [0.1, 0.15) is 5.75 Å². The van der Waals surface area contributed by atoms with E-state index in [2.05, 4.69) is 19.2 Å². The molecule has 0 spiro atoms. The van der Waals surface area contributed by atoms with Crippen LogP contribution in [0, 0.1) is 0 Å². The fourth-order valence-electron chi connectivity index (χ4n) is 1.55. The number of hydrogen-bond donors (Lipinski definition) is 2. The topological polar surface area (TPSA) is 41.5 Å². The lowest BCUT2D eigenvalue weighted by Gasteiger charge is -2.15. The van der Waals surface area contributed by atoms with Crippen molar-refractivity contribution >= 4 is 11.6 Å². The van der Waals surface area contributed by atoms with Gasteiger partial charge in [-0.3, -0.25) is 0 Å². The van der Waals surface area contributed by atoms with Crippen LogP contribution in [0.4, 0.5) is 0 Å². The minimum Gasteiger partial charge on any atom is -0.493 e. The number of benzene rings is 1. The first-order chi connectivity index (χ1) is 8.65. The molecule has 1 aromatic rings. The van der Waals surface area contributed by atoms with Crippen molar-refractivity contribution in [3.63, 3.8) is 0 Å². The van der Waals surface area contributed by atoms with E-state index >= 15 is 0 Å². The normalized spacial score (nSPS) is 10.9. The predicted octanol–water partition coefficient (Wildman–Crippen LogP) is 2.99. The zero-order valence-electron chi connectivity index (χ0n) is 11.1. The van der Waals surface area contributed by atoms with Crippen molar-refractivity contribution in [1.29, 1.82) is 0 Å². The van der Waals surface area contributed by atoms with E-state index < -0.39 is 0 Å². The molecule has 0 aliphatic heterocycles. The molecule has 3 nitrogen and oxygen atoms in total. The molecule has 2 N–H and O–H groups in total. The summed E-state index contributed by atoms with van der Waals surface area (Å²) in [6.07, 6.45) is 1.61. The molecule has 0 bridgehead atoms. The SMILES string of the molecule is CC(C)NCc1c(Cl)cccc1OCCCCO. The molecule has 102 valence electrons. The lowest BCUT2D eigenvalue weighted by atomic mass is 10.2. The Morgan fingerprint density at radius 2 is 2.11 bits per heavy atom. The molecule has 0 radical (unpaired) electrons. The van der Waals surface area contributed by atoms with E-state index in [0.29, 0.717) is 19.2 Å². The highest BCUT2D eigenvalue weighted by Gasteiger charge is 2.08. The average Bonchev–Trinajstić information content (AvgIpc) is 2.33. The summed E-state index contributed by atoms with van der Waals surface area (Å²) in [6.45, 7) is 5.71. The van der Waals surface area contributed by atoms with Gasteiger partial charge in [0.05, 0.1) is 6.61 Å². The largest absolute Gasteiger partial charge is 0.493 e. The molecular weight excluding hydrogens is 250 g/mol. The second-order valence-electron chi connectivity index (χ2n) is 4.53. The van der Waals surface area contributed by atoms with Gasteiger partial charge in [0.25, 0.3) is 0 Å². The molecule has 0 amide bonds. The summed E-state index contributed by atoms with van der Waals surface area (Å²) in [7, 11) is 0. The van der Waals surface area contributed by atoms with Gasteiger partial charge in [-0.1, -0.05) is 31.5 Å². The first kappa shape index (κ1) is 15.3. The summed E-state index contributed by atoms with van der Waals surface area (Å²) < 4.78 is 5.72. The number of hydrogen-bond acceptors (Lipinski definition) is 3. The van der Waals surface area contributed by atoms with Crippen LogP contribution in [-0.4, -0.2) is 24.4 Å². The van der Waals surface area contributed by atoms with Gasteiger partial charge in [0.15, 0.2) is 0 Å². The van der Waals surface area contributed by atoms with E-state index in [-0.39, 0.29) is 6.61 Å². The number of aliphatic hydroxyl groups excluding tert-OH is 1. The van der Waals surface area contributed by atoms with Crippen molar-refractivity contribution < 1.29 is 9.84 Å². The van der Waals surface area contributed by atoms with Crippen molar-refractivity contribution in [2.75, 3.05) is 13.2 Å². The van der Waals surface area contributed by atoms with Crippen molar-refractivity contribution in [2.24, 2.45) is 0 Å². The lowest BCUT2D eigenvalue weighted by Crippen LogP contribution is -2.22. The first-order valence-electron chi connectivity index (χ1n) is 6.39. The maximum Gasteiger partial charge on any atom is 0.125 e. The maximum atomic E-state index is 8.72. The van der Waals surface area contributed by atoms with Crippen LogP contribution in [-0.2, 0) is 6.54 Å². The number of halogens is 1. The van der Waals surface area contributed by atoms with Gasteiger partial charge in [-0.05, 0) is 25.0 Å². The zero-order chi connectivity index (χ0) is 13.4. The second kappa shape index (κ2) is 8.35. The Hall–Kier alpha value is -0.770. The Kier molecular flexibility index (Phi) is 7.09. The monoisotopic (exact) mass is 271 g/mol. The van der Waals surface area contributed by atoms with Crippen LogP contribution in [0.15, 0.2) is 18.2 Å². The van der Waals surface area contributed by atoms with Gasteiger partial charge in [-0.2, -0.15) is 0 Å². The summed E-state index contributed by atoms with van der Waals surface area (Å²) in [5.41, 5.74) is 0.997. The third kappa shape index (κ3) is 5.25. The third-order valence-electron chi connectivity index (χ3n) is 2.57. The Balaban J connectivity index is 2.61. The molecule has 0 saturated heterocycles. The molecule has 0 aliphatic carbocycles. The van der Waals surface area contributed by atoms with E-state index in [9.17, 15) is 0 Å². The van der Waals surface area contributed by atoms with Crippen LogP contribution in [0.1, 0.15) is 32.3 Å². The van der Waals surface area contributed by atoms with Gasteiger partial charge in [0, 0.05) is 29.8 Å². The van der Waals surface area contributed by atoms with E-state index in [1.54, 1.807) is 0 Å². The number of nitrogens with one attached hydrogen (secondary N) is 1. The summed E-state index contributed by atoms with van der Waals surface area (Å²) >= 11 is 6.19. The molecule has 0 saturated carbocycles. The van der Waals surface area contributed by atoms with Gasteiger partial charge in [-0.25, -0.2) is 0 Å². The van der Waals surface area contributed by atoms with Crippen LogP contribution in [0.5, 0.6) is 5.75 Å². The summed E-state index contributed by atoms with van der Waals surface area (Å²) in [5, 5.41) is 12.8. The molecule has 0 atom stereocenters. The van der Waals surface area contributed by atoms with Gasteiger partial charge in [0.2, 0.25) is 0 Å². The van der Waals surface area contributed by atoms with E-state index in [4.69, 9.17) is 21.4 Å². The van der Waals surface area contributed by atoms with Crippen molar-refractivity contribution in [2.45, 2.75) is 39.3 Å². The molecular formula is C14H22ClNO2. The predicted molar refractivity (Wildman–Crippen MR) is 75.2 cm³/mol. The van der Waals surface area contributed by atoms with Crippen LogP contribution < -0.4 is 10.1 Å². The highest BCUT2D eigenvalue weighted by atomic mass is 35.5. The van der Waals surface area contributed by atoms with Crippen LogP contribution in [0.25, 0.3) is 0 Å². The highest BCUT2D eigenvalue weighted by Crippen LogP contribution is 2.26. The van der Waals surface area contributed by atoms with Crippen LogP contribution in [0.2, 0.25) is 5.02 Å². The number of ether oxygens (including phenoxy) is 1. The minimum atomic E-state index is 0.209. The lowest BCUT2D eigenvalue weighted by molar-refractivity contribution is 0.252. The summed E-state index contributed by atoms with van der Waals surface area (Å²) in [4.78, 5) is 0. The van der Waals surface area contributed by atoms with Gasteiger partial charge in [-0.15, -0.1) is 0 Å².